The van der Waals surface area contributed by atoms with Gasteiger partial charge >= 0.3 is 5.97 Å². The molecule has 0 radical (unpaired) electrons. The summed E-state index contributed by atoms with van der Waals surface area (Å²) in [6.45, 7) is 5.47. The first-order chi connectivity index (χ1) is 15.3. The van der Waals surface area contributed by atoms with Crippen LogP contribution in [-0.2, 0) is 15.3 Å². The SMILES string of the molecule is Cc1sc2nc(CSC(C)C(=O)OCCN3C(=O)c4ccccc4C3=O)[nH]c(=O)c2c1C. The number of thiophene rings is 1. The highest BCUT2D eigenvalue weighted by Crippen LogP contribution is 2.27. The Morgan fingerprint density at radius 1 is 1.19 bits per heavy atom. The van der Waals surface area contributed by atoms with E-state index in [0.29, 0.717) is 32.9 Å². The molecule has 4 rings (SSSR count). The molecule has 1 aromatic carbocycles. The topological polar surface area (TPSA) is 109 Å². The van der Waals surface area contributed by atoms with Crippen molar-refractivity contribution in [2.45, 2.75) is 31.8 Å². The highest BCUT2D eigenvalue weighted by Gasteiger charge is 2.35. The maximum Gasteiger partial charge on any atom is 0.318 e. The summed E-state index contributed by atoms with van der Waals surface area (Å²) < 4.78 is 5.27. The molecule has 2 aromatic heterocycles. The van der Waals surface area contributed by atoms with Gasteiger partial charge in [-0.15, -0.1) is 23.1 Å². The number of thioether (sulfide) groups is 1. The fourth-order valence-electron chi connectivity index (χ4n) is 3.44. The highest BCUT2D eigenvalue weighted by molar-refractivity contribution is 7.99. The van der Waals surface area contributed by atoms with E-state index in [1.54, 1.807) is 31.2 Å². The van der Waals surface area contributed by atoms with Crippen LogP contribution >= 0.6 is 23.1 Å². The van der Waals surface area contributed by atoms with Crippen LogP contribution < -0.4 is 5.56 Å². The van der Waals surface area contributed by atoms with Gasteiger partial charge in [-0.1, -0.05) is 12.1 Å². The first-order valence-corrected chi connectivity index (χ1v) is 11.9. The maximum absolute atomic E-state index is 12.4. The first-order valence-electron chi connectivity index (χ1n) is 10.00. The zero-order chi connectivity index (χ0) is 23.0. The molecule has 1 N–H and O–H groups in total. The van der Waals surface area contributed by atoms with Crippen LogP contribution in [0.3, 0.4) is 0 Å². The number of hydrogen-bond donors (Lipinski definition) is 1. The summed E-state index contributed by atoms with van der Waals surface area (Å²) in [5.41, 5.74) is 1.49. The molecule has 2 amide bonds. The largest absolute Gasteiger partial charge is 0.463 e. The quantitative estimate of drug-likeness (QED) is 0.417. The molecule has 8 nitrogen and oxygen atoms in total. The molecule has 1 aliphatic heterocycles. The molecule has 0 saturated heterocycles. The van der Waals surface area contributed by atoms with E-state index >= 15 is 0 Å². The van der Waals surface area contributed by atoms with Crippen LogP contribution in [0.1, 0.15) is 43.9 Å². The van der Waals surface area contributed by atoms with Crippen molar-refractivity contribution in [2.75, 3.05) is 13.2 Å². The second-order valence-electron chi connectivity index (χ2n) is 7.40. The van der Waals surface area contributed by atoms with Crippen molar-refractivity contribution >= 4 is 51.1 Å². The van der Waals surface area contributed by atoms with Crippen molar-refractivity contribution in [1.82, 2.24) is 14.9 Å². The number of imide groups is 1. The van der Waals surface area contributed by atoms with Gasteiger partial charge in [-0.3, -0.25) is 24.1 Å². The molecule has 0 aliphatic carbocycles. The van der Waals surface area contributed by atoms with Gasteiger partial charge in [0.25, 0.3) is 17.4 Å². The van der Waals surface area contributed by atoms with Crippen LogP contribution in [0.25, 0.3) is 10.2 Å². The summed E-state index contributed by atoms with van der Waals surface area (Å²) in [6.07, 6.45) is 0. The third kappa shape index (κ3) is 4.07. The van der Waals surface area contributed by atoms with E-state index in [1.165, 1.54) is 23.1 Å². The molecular weight excluding hydrogens is 450 g/mol. The van der Waals surface area contributed by atoms with Gasteiger partial charge in [-0.2, -0.15) is 0 Å². The number of carbonyl (C=O) groups excluding carboxylic acids is 3. The summed E-state index contributed by atoms with van der Waals surface area (Å²) in [6, 6.07) is 6.61. The van der Waals surface area contributed by atoms with Gasteiger partial charge in [-0.25, -0.2) is 4.98 Å². The standard InChI is InChI=1S/C22H21N3O5S2/c1-11-12(2)32-19-17(11)18(26)23-16(24-19)10-31-13(3)22(29)30-9-8-25-20(27)14-6-4-5-7-15(14)21(25)28/h4-7,13H,8-10H2,1-3H3,(H,23,24,26). The fourth-order valence-corrected chi connectivity index (χ4v) is 5.23. The average molecular weight is 472 g/mol. The Kier molecular flexibility index (Phi) is 6.16. The second kappa shape index (κ2) is 8.87. The summed E-state index contributed by atoms with van der Waals surface area (Å²) in [5.74, 6) is -0.380. The van der Waals surface area contributed by atoms with Gasteiger partial charge in [0.05, 0.1) is 28.8 Å². The van der Waals surface area contributed by atoms with Crippen LogP contribution in [0.5, 0.6) is 0 Å². The Balaban J connectivity index is 1.30. The van der Waals surface area contributed by atoms with Crippen molar-refractivity contribution in [2.24, 2.45) is 0 Å². The van der Waals surface area contributed by atoms with E-state index in [-0.39, 0.29) is 30.5 Å². The number of carbonyl (C=O) groups is 3. The molecule has 1 atom stereocenters. The number of esters is 1. The Hall–Kier alpha value is -2.98. The lowest BCUT2D eigenvalue weighted by molar-refractivity contribution is -0.142. The van der Waals surface area contributed by atoms with Gasteiger partial charge in [0.1, 0.15) is 22.5 Å². The minimum absolute atomic E-state index is 0.00189. The predicted octanol–water partition coefficient (Wildman–Crippen LogP) is 3.06. The van der Waals surface area contributed by atoms with Crippen molar-refractivity contribution in [1.29, 1.82) is 0 Å². The van der Waals surface area contributed by atoms with E-state index in [0.717, 1.165) is 15.3 Å². The molecule has 3 heterocycles. The van der Waals surface area contributed by atoms with E-state index in [1.807, 2.05) is 13.8 Å². The molecule has 10 heteroatoms. The Bertz CT molecular complexity index is 1260. The minimum Gasteiger partial charge on any atom is -0.463 e. The molecule has 166 valence electrons. The van der Waals surface area contributed by atoms with E-state index in [2.05, 4.69) is 9.97 Å². The van der Waals surface area contributed by atoms with Gasteiger partial charge in [0, 0.05) is 4.88 Å². The van der Waals surface area contributed by atoms with Gasteiger partial charge in [-0.05, 0) is 38.5 Å². The van der Waals surface area contributed by atoms with Crippen LogP contribution in [-0.4, -0.2) is 51.1 Å². The minimum atomic E-state index is -0.509. The highest BCUT2D eigenvalue weighted by atomic mass is 32.2. The van der Waals surface area contributed by atoms with E-state index < -0.39 is 11.2 Å². The van der Waals surface area contributed by atoms with Crippen LogP contribution in [0.4, 0.5) is 0 Å². The van der Waals surface area contributed by atoms with Gasteiger partial charge < -0.3 is 9.72 Å². The average Bonchev–Trinajstić information content (AvgIpc) is 3.20. The molecular formula is C22H21N3O5S2. The molecule has 32 heavy (non-hydrogen) atoms. The second-order valence-corrected chi connectivity index (χ2v) is 9.94. The molecule has 1 unspecified atom stereocenters. The Morgan fingerprint density at radius 2 is 1.84 bits per heavy atom. The molecule has 0 bridgehead atoms. The number of fused-ring (bicyclic) bond motifs is 2. The predicted molar refractivity (Wildman–Crippen MR) is 123 cm³/mol. The number of aromatic nitrogens is 2. The zero-order valence-corrected chi connectivity index (χ0v) is 19.4. The van der Waals surface area contributed by atoms with Crippen molar-refractivity contribution in [3.63, 3.8) is 0 Å². The maximum atomic E-state index is 12.4. The lowest BCUT2D eigenvalue weighted by Gasteiger charge is -2.15. The summed E-state index contributed by atoms with van der Waals surface area (Å²) in [4.78, 5) is 59.5. The number of nitrogens with zero attached hydrogens (tertiary/aromatic N) is 2. The van der Waals surface area contributed by atoms with Crippen molar-refractivity contribution in [3.8, 4) is 0 Å². The normalized spacial score (nSPS) is 14.2. The lowest BCUT2D eigenvalue weighted by atomic mass is 10.1. The third-order valence-electron chi connectivity index (χ3n) is 5.33. The van der Waals surface area contributed by atoms with Gasteiger partial charge in [0.2, 0.25) is 0 Å². The van der Waals surface area contributed by atoms with Crippen LogP contribution in [0.15, 0.2) is 29.1 Å². The number of amides is 2. The monoisotopic (exact) mass is 471 g/mol. The summed E-state index contributed by atoms with van der Waals surface area (Å²) in [7, 11) is 0. The molecule has 3 aromatic rings. The third-order valence-corrected chi connectivity index (χ3v) is 7.56. The zero-order valence-electron chi connectivity index (χ0n) is 17.8. The number of rotatable bonds is 7. The Morgan fingerprint density at radius 3 is 2.50 bits per heavy atom. The smallest absolute Gasteiger partial charge is 0.318 e. The Labute approximate surface area is 192 Å². The number of aromatic amines is 1. The van der Waals surface area contributed by atoms with E-state index in [9.17, 15) is 19.2 Å². The number of aryl methyl sites for hydroxylation is 2. The number of H-pyrrole nitrogens is 1. The number of hydrogen-bond acceptors (Lipinski definition) is 8. The van der Waals surface area contributed by atoms with Crippen molar-refractivity contribution < 1.29 is 19.1 Å². The summed E-state index contributed by atoms with van der Waals surface area (Å²) >= 11 is 2.76. The summed E-state index contributed by atoms with van der Waals surface area (Å²) in [5, 5.41) is 0.104. The number of ether oxygens (including phenoxy) is 1. The van der Waals surface area contributed by atoms with E-state index in [4.69, 9.17) is 4.74 Å². The number of benzene rings is 1. The van der Waals surface area contributed by atoms with Crippen LogP contribution in [0, 0.1) is 13.8 Å². The van der Waals surface area contributed by atoms with Gasteiger partial charge in [0.15, 0.2) is 0 Å². The molecule has 0 spiro atoms. The van der Waals surface area contributed by atoms with Crippen molar-refractivity contribution in [3.05, 3.63) is 62.0 Å². The molecule has 0 saturated carbocycles. The van der Waals surface area contributed by atoms with Crippen LogP contribution in [0.2, 0.25) is 0 Å². The lowest BCUT2D eigenvalue weighted by Crippen LogP contribution is -2.34. The first kappa shape index (κ1) is 22.2. The number of nitrogens with one attached hydrogen (secondary N) is 1. The molecule has 1 aliphatic rings. The molecule has 0 fully saturated rings. The fraction of sp³-hybridized carbons (Fsp3) is 0.318.